The Morgan fingerprint density at radius 1 is 0.829 bits per heavy atom. The van der Waals surface area contributed by atoms with Gasteiger partial charge in [-0.2, -0.15) is 4.31 Å². The van der Waals surface area contributed by atoms with Gasteiger partial charge < -0.3 is 4.74 Å². The van der Waals surface area contributed by atoms with Crippen molar-refractivity contribution in [1.29, 1.82) is 0 Å². The van der Waals surface area contributed by atoms with E-state index in [4.69, 9.17) is 4.74 Å². The molecule has 0 bridgehead atoms. The number of anilines is 1. The molecule has 0 aliphatic rings. The summed E-state index contributed by atoms with van der Waals surface area (Å²) in [6, 6.07) is 25.1. The predicted molar refractivity (Wildman–Crippen MR) is 162 cm³/mol. The number of methoxy groups -OCH3 is 1. The number of rotatable bonds is 10. The second-order valence-corrected chi connectivity index (χ2v) is 13.9. The number of esters is 1. The SMILES string of the molecule is COC(=O)CN(C(c1ccccc1)c1cc(Br)ccc1NS(=O)(=O)c1ccc(C)cc1)S(=O)(=O)c1ccc(C)cc1. The molecule has 1 atom stereocenters. The highest BCUT2D eigenvalue weighted by Crippen LogP contribution is 2.39. The number of carbonyl (C=O) groups is 1. The van der Waals surface area contributed by atoms with Crippen molar-refractivity contribution in [3.8, 4) is 0 Å². The van der Waals surface area contributed by atoms with Gasteiger partial charge in [0.2, 0.25) is 10.0 Å². The van der Waals surface area contributed by atoms with Crippen LogP contribution in [0.1, 0.15) is 28.3 Å². The van der Waals surface area contributed by atoms with Crippen molar-refractivity contribution in [2.45, 2.75) is 29.7 Å². The molecule has 4 aromatic rings. The standard InChI is InChI=1S/C30H29BrN2O6S2/c1-21-9-14-25(15-10-21)40(35,36)32-28-18-13-24(31)19-27(28)30(23-7-5-4-6-8-23)33(20-29(34)39-3)41(37,38)26-16-11-22(2)12-17-26/h4-19,30,32H,20H2,1-3H3. The van der Waals surface area contributed by atoms with Gasteiger partial charge in [0.25, 0.3) is 10.0 Å². The Balaban J connectivity index is 1.95. The molecule has 0 aromatic heterocycles. The molecule has 0 aliphatic heterocycles. The molecule has 4 aromatic carbocycles. The van der Waals surface area contributed by atoms with E-state index in [2.05, 4.69) is 20.7 Å². The molecular formula is C30H29BrN2O6S2. The fourth-order valence-corrected chi connectivity index (χ4v) is 7.27. The molecule has 0 saturated carbocycles. The van der Waals surface area contributed by atoms with Gasteiger partial charge in [-0.05, 0) is 61.9 Å². The maximum absolute atomic E-state index is 14.2. The third kappa shape index (κ3) is 7.05. The lowest BCUT2D eigenvalue weighted by Crippen LogP contribution is -2.40. The van der Waals surface area contributed by atoms with Crippen LogP contribution in [0, 0.1) is 13.8 Å². The van der Waals surface area contributed by atoms with Gasteiger partial charge >= 0.3 is 5.97 Å². The van der Waals surface area contributed by atoms with Gasteiger partial charge in [0.05, 0.1) is 28.6 Å². The Morgan fingerprint density at radius 2 is 1.39 bits per heavy atom. The van der Waals surface area contributed by atoms with Crippen LogP contribution in [-0.2, 0) is 29.6 Å². The van der Waals surface area contributed by atoms with Gasteiger partial charge in [0.1, 0.15) is 6.54 Å². The quantitative estimate of drug-likeness (QED) is 0.215. The van der Waals surface area contributed by atoms with Crippen molar-refractivity contribution >= 4 is 47.6 Å². The van der Waals surface area contributed by atoms with Crippen LogP contribution < -0.4 is 4.72 Å². The molecule has 0 spiro atoms. The molecule has 11 heteroatoms. The van der Waals surface area contributed by atoms with Crippen LogP contribution in [0.3, 0.4) is 0 Å². The third-order valence-corrected chi connectivity index (χ3v) is 10.1. The highest BCUT2D eigenvalue weighted by atomic mass is 79.9. The molecule has 0 amide bonds. The van der Waals surface area contributed by atoms with Crippen molar-refractivity contribution in [1.82, 2.24) is 4.31 Å². The van der Waals surface area contributed by atoms with Crippen molar-refractivity contribution in [2.75, 3.05) is 18.4 Å². The predicted octanol–water partition coefficient (Wildman–Crippen LogP) is 5.82. The molecule has 0 radical (unpaired) electrons. The van der Waals surface area contributed by atoms with E-state index in [1.54, 1.807) is 72.8 Å². The summed E-state index contributed by atoms with van der Waals surface area (Å²) in [6.45, 7) is 3.07. The Kier molecular flexibility index (Phi) is 9.33. The lowest BCUT2D eigenvalue weighted by Gasteiger charge is -2.32. The monoisotopic (exact) mass is 656 g/mol. The van der Waals surface area contributed by atoms with Crippen molar-refractivity contribution in [2.24, 2.45) is 0 Å². The van der Waals surface area contributed by atoms with E-state index in [9.17, 15) is 21.6 Å². The first kappa shape index (κ1) is 30.4. The highest BCUT2D eigenvalue weighted by Gasteiger charge is 2.37. The fourth-order valence-electron chi connectivity index (χ4n) is 4.26. The number of ether oxygens (including phenoxy) is 1. The molecule has 1 unspecified atom stereocenters. The summed E-state index contributed by atoms with van der Waals surface area (Å²) in [7, 11) is -7.18. The largest absolute Gasteiger partial charge is 0.468 e. The van der Waals surface area contributed by atoms with Crippen LogP contribution >= 0.6 is 15.9 Å². The average Bonchev–Trinajstić information content (AvgIpc) is 2.95. The summed E-state index contributed by atoms with van der Waals surface area (Å²) in [6.07, 6.45) is 0. The zero-order chi connectivity index (χ0) is 29.8. The molecule has 8 nitrogen and oxygen atoms in total. The lowest BCUT2D eigenvalue weighted by molar-refractivity contribution is -0.141. The number of benzene rings is 4. The van der Waals surface area contributed by atoms with Crippen LogP contribution in [-0.4, -0.2) is 40.8 Å². The van der Waals surface area contributed by atoms with Gasteiger partial charge in [-0.3, -0.25) is 9.52 Å². The zero-order valence-electron chi connectivity index (χ0n) is 22.6. The molecule has 0 aliphatic carbocycles. The van der Waals surface area contributed by atoms with E-state index in [1.807, 2.05) is 13.8 Å². The normalized spacial score (nSPS) is 12.6. The fraction of sp³-hybridized carbons (Fsp3) is 0.167. The summed E-state index contributed by atoms with van der Waals surface area (Å²) in [5.41, 5.74) is 2.73. The first-order chi connectivity index (χ1) is 19.4. The van der Waals surface area contributed by atoms with Gasteiger partial charge in [0, 0.05) is 10.0 Å². The topological polar surface area (TPSA) is 110 Å². The van der Waals surface area contributed by atoms with Crippen LogP contribution in [0.15, 0.2) is 111 Å². The van der Waals surface area contributed by atoms with Crippen LogP contribution in [0.4, 0.5) is 5.69 Å². The summed E-state index contributed by atoms with van der Waals surface area (Å²) in [5, 5.41) is 0. The molecule has 214 valence electrons. The zero-order valence-corrected chi connectivity index (χ0v) is 25.8. The second kappa shape index (κ2) is 12.6. The Labute approximate surface area is 249 Å². The molecule has 0 saturated heterocycles. The van der Waals surface area contributed by atoms with Crippen LogP contribution in [0.5, 0.6) is 0 Å². The number of nitrogens with zero attached hydrogens (tertiary/aromatic N) is 1. The molecule has 1 N–H and O–H groups in total. The molecule has 4 rings (SSSR count). The van der Waals surface area contributed by atoms with Crippen molar-refractivity contribution < 1.29 is 26.4 Å². The van der Waals surface area contributed by atoms with E-state index in [-0.39, 0.29) is 15.5 Å². The Hall–Kier alpha value is -3.51. The van der Waals surface area contributed by atoms with Crippen LogP contribution in [0.25, 0.3) is 0 Å². The minimum absolute atomic E-state index is 0.0234. The van der Waals surface area contributed by atoms with Gasteiger partial charge in [0.15, 0.2) is 0 Å². The van der Waals surface area contributed by atoms with Gasteiger partial charge in [-0.15, -0.1) is 0 Å². The summed E-state index contributed by atoms with van der Waals surface area (Å²) >= 11 is 3.45. The minimum atomic E-state index is -4.31. The number of hydrogen-bond acceptors (Lipinski definition) is 6. The van der Waals surface area contributed by atoms with E-state index in [0.717, 1.165) is 15.4 Å². The average molecular weight is 658 g/mol. The number of sulfonamides is 2. The lowest BCUT2D eigenvalue weighted by atomic mass is 9.97. The number of aryl methyl sites for hydroxylation is 2. The Morgan fingerprint density at radius 3 is 1.95 bits per heavy atom. The number of halogens is 1. The molecule has 41 heavy (non-hydrogen) atoms. The number of hydrogen-bond donors (Lipinski definition) is 1. The Bertz CT molecular complexity index is 1740. The molecule has 0 fully saturated rings. The maximum Gasteiger partial charge on any atom is 0.321 e. The number of carbonyl (C=O) groups excluding carboxylic acids is 1. The van der Waals surface area contributed by atoms with E-state index >= 15 is 0 Å². The molecular weight excluding hydrogens is 628 g/mol. The smallest absolute Gasteiger partial charge is 0.321 e. The van der Waals surface area contributed by atoms with E-state index in [1.165, 1.54) is 31.4 Å². The first-order valence-electron chi connectivity index (χ1n) is 12.5. The maximum atomic E-state index is 14.2. The van der Waals surface area contributed by atoms with Crippen LogP contribution in [0.2, 0.25) is 0 Å². The summed E-state index contributed by atoms with van der Waals surface area (Å²) in [4.78, 5) is 12.7. The first-order valence-corrected chi connectivity index (χ1v) is 16.2. The number of nitrogens with one attached hydrogen (secondary N) is 1. The molecule has 0 heterocycles. The second-order valence-electron chi connectivity index (χ2n) is 9.40. The minimum Gasteiger partial charge on any atom is -0.468 e. The summed E-state index contributed by atoms with van der Waals surface area (Å²) in [5.74, 6) is -0.779. The summed E-state index contributed by atoms with van der Waals surface area (Å²) < 4.78 is 64.4. The van der Waals surface area contributed by atoms with E-state index < -0.39 is 38.6 Å². The van der Waals surface area contributed by atoms with Crippen molar-refractivity contribution in [3.63, 3.8) is 0 Å². The highest BCUT2D eigenvalue weighted by molar-refractivity contribution is 9.10. The van der Waals surface area contributed by atoms with Gasteiger partial charge in [-0.25, -0.2) is 16.8 Å². The van der Waals surface area contributed by atoms with Gasteiger partial charge in [-0.1, -0.05) is 81.7 Å². The van der Waals surface area contributed by atoms with Crippen molar-refractivity contribution in [3.05, 3.63) is 124 Å². The van der Waals surface area contributed by atoms with E-state index in [0.29, 0.717) is 15.6 Å². The third-order valence-electron chi connectivity index (χ3n) is 6.43.